The fourth-order valence-corrected chi connectivity index (χ4v) is 1.60. The van der Waals surface area contributed by atoms with E-state index in [0.29, 0.717) is 11.6 Å². The second-order valence-electron chi connectivity index (χ2n) is 4.25. The zero-order valence-electron chi connectivity index (χ0n) is 8.81. The van der Waals surface area contributed by atoms with Gasteiger partial charge in [-0.15, -0.1) is 0 Å². The second kappa shape index (κ2) is 3.92. The van der Waals surface area contributed by atoms with E-state index >= 15 is 0 Å². The van der Waals surface area contributed by atoms with Crippen LogP contribution >= 0.6 is 0 Å². The number of amides is 1. The Hall–Kier alpha value is -1.52. The van der Waals surface area contributed by atoms with E-state index in [1.165, 1.54) is 12.6 Å². The van der Waals surface area contributed by atoms with Gasteiger partial charge in [-0.2, -0.15) is 5.10 Å². The number of carbonyl (C=O) groups is 1. The molecule has 1 amide bonds. The molecule has 1 aromatic rings. The molecule has 2 rings (SSSR count). The molecular formula is C10H16N4O. The van der Waals surface area contributed by atoms with E-state index in [4.69, 9.17) is 5.73 Å². The molecule has 0 aliphatic heterocycles. The molecular weight excluding hydrogens is 192 g/mol. The normalized spacial score (nSPS) is 23.8. The van der Waals surface area contributed by atoms with Crippen LogP contribution in [-0.4, -0.2) is 22.2 Å². The SMILES string of the molecule is CC1CC1CNC(=O)Cn1cc(N)cn1. The van der Waals surface area contributed by atoms with Crippen LogP contribution in [0.1, 0.15) is 13.3 Å². The number of hydrogen-bond donors (Lipinski definition) is 2. The van der Waals surface area contributed by atoms with Crippen LogP contribution in [0.5, 0.6) is 0 Å². The number of nitrogens with zero attached hydrogens (tertiary/aromatic N) is 2. The summed E-state index contributed by atoms with van der Waals surface area (Å²) in [5, 5.41) is 6.84. The highest BCUT2D eigenvalue weighted by Gasteiger charge is 2.32. The number of nitrogen functional groups attached to an aromatic ring is 1. The highest BCUT2D eigenvalue weighted by Crippen LogP contribution is 2.36. The smallest absolute Gasteiger partial charge is 0.241 e. The monoisotopic (exact) mass is 208 g/mol. The predicted molar refractivity (Wildman–Crippen MR) is 56.9 cm³/mol. The van der Waals surface area contributed by atoms with E-state index in [0.717, 1.165) is 12.5 Å². The number of rotatable bonds is 4. The highest BCUT2D eigenvalue weighted by molar-refractivity contribution is 5.75. The average molecular weight is 208 g/mol. The van der Waals surface area contributed by atoms with Gasteiger partial charge in [0.2, 0.25) is 5.91 Å². The van der Waals surface area contributed by atoms with Crippen LogP contribution in [-0.2, 0) is 11.3 Å². The summed E-state index contributed by atoms with van der Waals surface area (Å²) in [6.07, 6.45) is 4.42. The number of nitrogens with one attached hydrogen (secondary N) is 1. The van der Waals surface area contributed by atoms with E-state index in [1.54, 1.807) is 10.9 Å². The average Bonchev–Trinajstić information content (AvgIpc) is 2.73. The molecule has 1 fully saturated rings. The lowest BCUT2D eigenvalue weighted by atomic mass is 10.3. The van der Waals surface area contributed by atoms with Crippen molar-refractivity contribution in [2.45, 2.75) is 19.9 Å². The summed E-state index contributed by atoms with van der Waals surface area (Å²) in [5.74, 6) is 1.44. The fraction of sp³-hybridized carbons (Fsp3) is 0.600. The Bertz CT molecular complexity index is 360. The lowest BCUT2D eigenvalue weighted by Crippen LogP contribution is -2.29. The molecule has 0 spiro atoms. The zero-order valence-corrected chi connectivity index (χ0v) is 8.81. The molecule has 3 N–H and O–H groups in total. The largest absolute Gasteiger partial charge is 0.396 e. The number of anilines is 1. The van der Waals surface area contributed by atoms with E-state index in [2.05, 4.69) is 17.3 Å². The van der Waals surface area contributed by atoms with Crippen LogP contribution in [0.3, 0.4) is 0 Å². The van der Waals surface area contributed by atoms with Crippen molar-refractivity contribution in [1.82, 2.24) is 15.1 Å². The van der Waals surface area contributed by atoms with Crippen LogP contribution in [0.4, 0.5) is 5.69 Å². The van der Waals surface area contributed by atoms with Gasteiger partial charge in [0.15, 0.2) is 0 Å². The number of nitrogens with two attached hydrogens (primary N) is 1. The van der Waals surface area contributed by atoms with Crippen molar-refractivity contribution < 1.29 is 4.79 Å². The second-order valence-corrected chi connectivity index (χ2v) is 4.25. The van der Waals surface area contributed by atoms with Gasteiger partial charge >= 0.3 is 0 Å². The molecule has 5 nitrogen and oxygen atoms in total. The molecule has 1 saturated carbocycles. The minimum absolute atomic E-state index is 0.00259. The van der Waals surface area contributed by atoms with Crippen LogP contribution in [0.2, 0.25) is 0 Å². The van der Waals surface area contributed by atoms with Gasteiger partial charge in [0.1, 0.15) is 6.54 Å². The molecule has 5 heteroatoms. The summed E-state index contributed by atoms with van der Waals surface area (Å²) >= 11 is 0. The Morgan fingerprint density at radius 2 is 2.53 bits per heavy atom. The molecule has 1 aromatic heterocycles. The van der Waals surface area contributed by atoms with Crippen molar-refractivity contribution in [2.24, 2.45) is 11.8 Å². The first kappa shape index (κ1) is 10.0. The van der Waals surface area contributed by atoms with Crippen LogP contribution in [0.25, 0.3) is 0 Å². The van der Waals surface area contributed by atoms with Crippen LogP contribution in [0.15, 0.2) is 12.4 Å². The zero-order chi connectivity index (χ0) is 10.8. The van der Waals surface area contributed by atoms with Gasteiger partial charge < -0.3 is 11.1 Å². The molecule has 2 unspecified atom stereocenters. The summed E-state index contributed by atoms with van der Waals surface area (Å²) in [5.41, 5.74) is 6.07. The lowest BCUT2D eigenvalue weighted by Gasteiger charge is -2.03. The van der Waals surface area contributed by atoms with Gasteiger partial charge in [0.25, 0.3) is 0 Å². The van der Waals surface area contributed by atoms with E-state index in [9.17, 15) is 4.79 Å². The maximum atomic E-state index is 11.4. The van der Waals surface area contributed by atoms with Crippen LogP contribution < -0.4 is 11.1 Å². The maximum Gasteiger partial charge on any atom is 0.241 e. The minimum atomic E-state index is -0.00259. The van der Waals surface area contributed by atoms with Crippen molar-refractivity contribution in [3.8, 4) is 0 Å². The van der Waals surface area contributed by atoms with Gasteiger partial charge in [0, 0.05) is 12.7 Å². The fourth-order valence-electron chi connectivity index (χ4n) is 1.60. The van der Waals surface area contributed by atoms with Crippen molar-refractivity contribution in [1.29, 1.82) is 0 Å². The van der Waals surface area contributed by atoms with Crippen molar-refractivity contribution in [2.75, 3.05) is 12.3 Å². The molecule has 0 radical (unpaired) electrons. The van der Waals surface area contributed by atoms with E-state index in [-0.39, 0.29) is 12.5 Å². The molecule has 1 aliphatic rings. The van der Waals surface area contributed by atoms with E-state index < -0.39 is 0 Å². The van der Waals surface area contributed by atoms with Crippen molar-refractivity contribution >= 4 is 11.6 Å². The number of aromatic nitrogens is 2. The molecule has 0 aromatic carbocycles. The highest BCUT2D eigenvalue weighted by atomic mass is 16.2. The first-order chi connectivity index (χ1) is 7.15. The van der Waals surface area contributed by atoms with Gasteiger partial charge in [-0.1, -0.05) is 6.92 Å². The standard InChI is InChI=1S/C10H16N4O/c1-7-2-8(7)3-12-10(15)6-14-5-9(11)4-13-14/h4-5,7-8H,2-3,6,11H2,1H3,(H,12,15). The van der Waals surface area contributed by atoms with Gasteiger partial charge in [-0.05, 0) is 18.3 Å². The summed E-state index contributed by atoms with van der Waals surface area (Å²) < 4.78 is 1.54. The maximum absolute atomic E-state index is 11.4. The van der Waals surface area contributed by atoms with Crippen molar-refractivity contribution in [3.05, 3.63) is 12.4 Å². The molecule has 1 heterocycles. The van der Waals surface area contributed by atoms with Gasteiger partial charge in [-0.25, -0.2) is 0 Å². The summed E-state index contributed by atoms with van der Waals surface area (Å²) in [7, 11) is 0. The molecule has 82 valence electrons. The number of hydrogen-bond acceptors (Lipinski definition) is 3. The number of carbonyl (C=O) groups excluding carboxylic acids is 1. The quantitative estimate of drug-likeness (QED) is 0.744. The predicted octanol–water partition coefficient (Wildman–Crippen LogP) is 0.237. The minimum Gasteiger partial charge on any atom is -0.396 e. The molecule has 15 heavy (non-hydrogen) atoms. The van der Waals surface area contributed by atoms with Gasteiger partial charge in [-0.3, -0.25) is 9.48 Å². The Morgan fingerprint density at radius 1 is 1.80 bits per heavy atom. The van der Waals surface area contributed by atoms with Crippen LogP contribution in [0, 0.1) is 11.8 Å². The first-order valence-electron chi connectivity index (χ1n) is 5.20. The van der Waals surface area contributed by atoms with E-state index in [1.807, 2.05) is 0 Å². The Balaban J connectivity index is 1.72. The van der Waals surface area contributed by atoms with Crippen molar-refractivity contribution in [3.63, 3.8) is 0 Å². The molecule has 1 aliphatic carbocycles. The summed E-state index contributed by atoms with van der Waals surface area (Å²) in [4.78, 5) is 11.4. The summed E-state index contributed by atoms with van der Waals surface area (Å²) in [6, 6.07) is 0. The third-order valence-corrected chi connectivity index (χ3v) is 2.80. The third kappa shape index (κ3) is 2.71. The lowest BCUT2D eigenvalue weighted by molar-refractivity contribution is -0.121. The topological polar surface area (TPSA) is 72.9 Å². The molecule has 2 atom stereocenters. The van der Waals surface area contributed by atoms with Gasteiger partial charge in [0.05, 0.1) is 11.9 Å². The Labute approximate surface area is 88.6 Å². The first-order valence-corrected chi connectivity index (χ1v) is 5.20. The summed E-state index contributed by atoms with van der Waals surface area (Å²) in [6.45, 7) is 3.24. The third-order valence-electron chi connectivity index (χ3n) is 2.80. The molecule has 0 saturated heterocycles. The Kier molecular flexibility index (Phi) is 2.62. The Morgan fingerprint density at radius 3 is 3.07 bits per heavy atom. The molecule has 0 bridgehead atoms.